The van der Waals surface area contributed by atoms with Crippen molar-refractivity contribution >= 4 is 29.6 Å². The molecule has 10 heteroatoms. The van der Waals surface area contributed by atoms with Crippen LogP contribution in [0.15, 0.2) is 70.4 Å². The number of ether oxygens (including phenoxy) is 2. The van der Waals surface area contributed by atoms with E-state index in [1.165, 1.54) is 19.6 Å². The van der Waals surface area contributed by atoms with Gasteiger partial charge in [0.2, 0.25) is 0 Å². The average molecular weight is 464 g/mol. The summed E-state index contributed by atoms with van der Waals surface area (Å²) in [7, 11) is 1.47. The zero-order valence-corrected chi connectivity index (χ0v) is 18.7. The van der Waals surface area contributed by atoms with E-state index in [1.807, 2.05) is 13.0 Å². The Morgan fingerprint density at radius 1 is 1.06 bits per heavy atom. The van der Waals surface area contributed by atoms with Crippen LogP contribution in [-0.2, 0) is 20.9 Å². The van der Waals surface area contributed by atoms with Crippen molar-refractivity contribution < 1.29 is 28.3 Å². The highest BCUT2D eigenvalue weighted by Gasteiger charge is 2.15. The smallest absolute Gasteiger partial charge is 0.329 e. The van der Waals surface area contributed by atoms with Crippen LogP contribution in [0.5, 0.6) is 11.5 Å². The van der Waals surface area contributed by atoms with Crippen molar-refractivity contribution in [1.29, 1.82) is 0 Å². The maximum absolute atomic E-state index is 12.1. The van der Waals surface area contributed by atoms with E-state index in [-0.39, 0.29) is 19.1 Å². The third-order valence-electron chi connectivity index (χ3n) is 4.48. The van der Waals surface area contributed by atoms with E-state index in [1.54, 1.807) is 48.5 Å². The number of methoxy groups -OCH3 is 1. The molecule has 0 spiro atoms. The number of nitrogens with one attached hydrogen (secondary N) is 3. The number of carbonyl (C=O) groups excluding carboxylic acids is 3. The fraction of sp³-hybridized carbons (Fsp3) is 0.167. The second kappa shape index (κ2) is 11.9. The molecule has 0 fully saturated rings. The quantitative estimate of drug-likeness (QED) is 0.253. The Morgan fingerprint density at radius 3 is 2.56 bits per heavy atom. The lowest BCUT2D eigenvalue weighted by Gasteiger charge is -2.10. The van der Waals surface area contributed by atoms with Crippen molar-refractivity contribution in [2.75, 3.05) is 19.0 Å². The molecule has 0 atom stereocenters. The number of hydrogen-bond donors (Lipinski definition) is 3. The van der Waals surface area contributed by atoms with Crippen LogP contribution in [0.4, 0.5) is 5.69 Å². The van der Waals surface area contributed by atoms with Gasteiger partial charge in [-0.2, -0.15) is 5.10 Å². The number of hydrogen-bond acceptors (Lipinski definition) is 7. The van der Waals surface area contributed by atoms with Crippen molar-refractivity contribution in [2.24, 2.45) is 5.10 Å². The number of amides is 3. The number of anilines is 1. The molecule has 0 bridgehead atoms. The highest BCUT2D eigenvalue weighted by molar-refractivity contribution is 6.39. The molecular weight excluding hydrogens is 440 g/mol. The van der Waals surface area contributed by atoms with Gasteiger partial charge in [-0.15, -0.1) is 0 Å². The van der Waals surface area contributed by atoms with E-state index in [0.717, 1.165) is 5.56 Å². The van der Waals surface area contributed by atoms with Crippen LogP contribution in [0.25, 0.3) is 0 Å². The Morgan fingerprint density at radius 2 is 1.85 bits per heavy atom. The third-order valence-corrected chi connectivity index (χ3v) is 4.48. The van der Waals surface area contributed by atoms with Gasteiger partial charge < -0.3 is 24.5 Å². The first-order valence-electron chi connectivity index (χ1n) is 10.3. The third kappa shape index (κ3) is 7.23. The molecule has 176 valence electrons. The number of carbonyl (C=O) groups is 3. The minimum absolute atomic E-state index is 0.148. The molecule has 0 saturated heterocycles. The van der Waals surface area contributed by atoms with Gasteiger partial charge in [0, 0.05) is 0 Å². The van der Waals surface area contributed by atoms with Gasteiger partial charge in [0.25, 0.3) is 5.91 Å². The van der Waals surface area contributed by atoms with Crippen molar-refractivity contribution in [3.05, 3.63) is 77.7 Å². The van der Waals surface area contributed by atoms with Crippen molar-refractivity contribution in [3.63, 3.8) is 0 Å². The van der Waals surface area contributed by atoms with Crippen LogP contribution in [-0.4, -0.2) is 37.7 Å². The monoisotopic (exact) mass is 464 g/mol. The van der Waals surface area contributed by atoms with Crippen LogP contribution in [0.2, 0.25) is 0 Å². The molecule has 3 rings (SSSR count). The Labute approximate surface area is 195 Å². The van der Waals surface area contributed by atoms with Gasteiger partial charge >= 0.3 is 11.8 Å². The predicted molar refractivity (Wildman–Crippen MR) is 125 cm³/mol. The second-order valence-corrected chi connectivity index (χ2v) is 7.07. The van der Waals surface area contributed by atoms with Crippen molar-refractivity contribution in [3.8, 4) is 11.5 Å². The van der Waals surface area contributed by atoms with Crippen LogP contribution >= 0.6 is 0 Å². The highest BCUT2D eigenvalue weighted by atomic mass is 16.5. The van der Waals surface area contributed by atoms with Crippen LogP contribution in [0, 0.1) is 6.92 Å². The second-order valence-electron chi connectivity index (χ2n) is 7.07. The van der Waals surface area contributed by atoms with E-state index in [2.05, 4.69) is 21.2 Å². The fourth-order valence-corrected chi connectivity index (χ4v) is 2.76. The maximum Gasteiger partial charge on any atom is 0.329 e. The SMILES string of the molecule is COc1ccc(C)cc1NC(=O)C(=O)N/N=C\c1ccc(OCC(=O)NCc2ccco2)cc1. The molecule has 0 aliphatic carbocycles. The lowest BCUT2D eigenvalue weighted by molar-refractivity contribution is -0.136. The Bertz CT molecular complexity index is 1160. The number of benzene rings is 2. The van der Waals surface area contributed by atoms with Crippen molar-refractivity contribution in [2.45, 2.75) is 13.5 Å². The van der Waals surface area contributed by atoms with Gasteiger partial charge in [-0.25, -0.2) is 5.43 Å². The fourth-order valence-electron chi connectivity index (χ4n) is 2.76. The summed E-state index contributed by atoms with van der Waals surface area (Å²) in [4.78, 5) is 36.0. The largest absolute Gasteiger partial charge is 0.495 e. The molecule has 0 unspecified atom stereocenters. The highest BCUT2D eigenvalue weighted by Crippen LogP contribution is 2.25. The summed E-state index contributed by atoms with van der Waals surface area (Å²) in [6.45, 7) is 1.99. The molecule has 34 heavy (non-hydrogen) atoms. The van der Waals surface area contributed by atoms with Crippen molar-refractivity contribution in [1.82, 2.24) is 10.7 Å². The predicted octanol–water partition coefficient (Wildman–Crippen LogP) is 2.38. The molecular formula is C24H24N4O6. The lowest BCUT2D eigenvalue weighted by atomic mass is 10.2. The normalized spacial score (nSPS) is 10.5. The molecule has 0 radical (unpaired) electrons. The Hall–Kier alpha value is -4.60. The van der Waals surface area contributed by atoms with Gasteiger partial charge in [0.1, 0.15) is 17.3 Å². The first-order chi connectivity index (χ1) is 16.4. The number of aryl methyl sites for hydroxylation is 1. The summed E-state index contributed by atoms with van der Waals surface area (Å²) in [5.41, 5.74) is 4.10. The van der Waals surface area contributed by atoms with E-state index >= 15 is 0 Å². The number of hydrazone groups is 1. The maximum atomic E-state index is 12.1. The molecule has 0 aliphatic rings. The molecule has 3 N–H and O–H groups in total. The Kier molecular flexibility index (Phi) is 8.39. The Balaban J connectivity index is 1.43. The summed E-state index contributed by atoms with van der Waals surface area (Å²) in [5.74, 6) is -0.522. The van der Waals surface area contributed by atoms with E-state index in [0.29, 0.717) is 28.5 Å². The number of furan rings is 1. The molecule has 3 aromatic rings. The topological polar surface area (TPSA) is 131 Å². The number of nitrogens with zero attached hydrogens (tertiary/aromatic N) is 1. The van der Waals surface area contributed by atoms with Crippen LogP contribution in [0.1, 0.15) is 16.9 Å². The first kappa shape index (κ1) is 24.1. The lowest BCUT2D eigenvalue weighted by Crippen LogP contribution is -2.32. The van der Waals surface area contributed by atoms with E-state index in [9.17, 15) is 14.4 Å². The summed E-state index contributed by atoms with van der Waals surface area (Å²) < 4.78 is 15.7. The summed E-state index contributed by atoms with van der Waals surface area (Å²) in [5, 5.41) is 8.96. The average Bonchev–Trinajstić information content (AvgIpc) is 3.36. The van der Waals surface area contributed by atoms with Gasteiger partial charge in [0.05, 0.1) is 31.8 Å². The van der Waals surface area contributed by atoms with Crippen LogP contribution < -0.4 is 25.5 Å². The minimum Gasteiger partial charge on any atom is -0.495 e. The van der Waals surface area contributed by atoms with E-state index in [4.69, 9.17) is 13.9 Å². The molecule has 1 heterocycles. The van der Waals surface area contributed by atoms with Gasteiger partial charge in [-0.05, 0) is 66.6 Å². The number of rotatable bonds is 9. The molecule has 3 amide bonds. The molecule has 2 aromatic carbocycles. The van der Waals surface area contributed by atoms with Gasteiger partial charge in [-0.1, -0.05) is 6.07 Å². The first-order valence-corrected chi connectivity index (χ1v) is 10.3. The summed E-state index contributed by atoms with van der Waals surface area (Å²) in [6.07, 6.45) is 2.91. The standard InChI is InChI=1S/C24H24N4O6/c1-16-5-10-21(32-2)20(12-16)27-23(30)24(31)28-26-13-17-6-8-18(9-7-17)34-15-22(29)25-14-19-4-3-11-33-19/h3-13H,14-15H2,1-2H3,(H,25,29)(H,27,30)(H,28,31)/b26-13-. The summed E-state index contributed by atoms with van der Waals surface area (Å²) in [6, 6.07) is 15.4. The molecule has 10 nitrogen and oxygen atoms in total. The van der Waals surface area contributed by atoms with Gasteiger partial charge in [-0.3, -0.25) is 14.4 Å². The van der Waals surface area contributed by atoms with E-state index < -0.39 is 11.8 Å². The minimum atomic E-state index is -0.930. The zero-order valence-electron chi connectivity index (χ0n) is 18.7. The molecule has 0 saturated carbocycles. The molecule has 0 aliphatic heterocycles. The molecule has 1 aromatic heterocycles. The van der Waals surface area contributed by atoms with Gasteiger partial charge in [0.15, 0.2) is 6.61 Å². The zero-order chi connectivity index (χ0) is 24.3. The summed E-state index contributed by atoms with van der Waals surface area (Å²) >= 11 is 0. The van der Waals surface area contributed by atoms with Crippen LogP contribution in [0.3, 0.4) is 0 Å².